The normalized spacial score (nSPS) is 21.7. The summed E-state index contributed by atoms with van der Waals surface area (Å²) in [6.07, 6.45) is 1.46. The monoisotopic (exact) mass is 541 g/mol. The number of carbonyl (C=O) groups is 2. The minimum absolute atomic E-state index is 0.0807. The number of anilines is 2. The lowest BCUT2D eigenvalue weighted by molar-refractivity contribution is -0.138. The van der Waals surface area contributed by atoms with Crippen molar-refractivity contribution < 1.29 is 32.2 Å². The van der Waals surface area contributed by atoms with E-state index in [4.69, 9.17) is 9.47 Å². The Balaban J connectivity index is 1.23. The Kier molecular flexibility index (Phi) is 6.32. The van der Waals surface area contributed by atoms with Crippen LogP contribution in [-0.4, -0.2) is 48.7 Å². The van der Waals surface area contributed by atoms with Crippen LogP contribution in [0.5, 0.6) is 5.75 Å². The van der Waals surface area contributed by atoms with Gasteiger partial charge in [0.05, 0.1) is 11.3 Å². The standard InChI is InChI=1S/C29H30F3N3O4/c1-34-24-15-21(5-3-18(24)17-35(27(34)37)22-7-11-38-12-8-22)33-26(36)13-19-16-28(9-2-10-28)39-25-14-20(29(30,31)32)4-6-23(19)25/h3-6,13-15,22H,2,7-12,16-17H2,1H3,(H,33,36). The highest BCUT2D eigenvalue weighted by atomic mass is 19.4. The summed E-state index contributed by atoms with van der Waals surface area (Å²) >= 11 is 0. The molecule has 4 aliphatic rings. The van der Waals surface area contributed by atoms with Crippen LogP contribution in [0.2, 0.25) is 0 Å². The van der Waals surface area contributed by atoms with Gasteiger partial charge in [0, 0.05) is 56.6 Å². The molecule has 39 heavy (non-hydrogen) atoms. The van der Waals surface area contributed by atoms with E-state index in [1.165, 1.54) is 12.1 Å². The molecule has 10 heteroatoms. The van der Waals surface area contributed by atoms with E-state index in [9.17, 15) is 22.8 Å². The van der Waals surface area contributed by atoms with Crippen molar-refractivity contribution in [2.75, 3.05) is 30.5 Å². The molecular formula is C29H30F3N3O4. The van der Waals surface area contributed by atoms with Gasteiger partial charge in [-0.15, -0.1) is 0 Å². The first-order chi connectivity index (χ1) is 18.6. The maximum Gasteiger partial charge on any atom is 0.416 e. The van der Waals surface area contributed by atoms with E-state index in [-0.39, 0.29) is 23.7 Å². The molecule has 1 spiro atoms. The molecule has 206 valence electrons. The van der Waals surface area contributed by atoms with Crippen molar-refractivity contribution in [2.45, 2.75) is 62.9 Å². The molecular weight excluding hydrogens is 511 g/mol. The lowest BCUT2D eigenvalue weighted by Crippen LogP contribution is -2.51. The van der Waals surface area contributed by atoms with Gasteiger partial charge in [-0.1, -0.05) is 12.1 Å². The van der Waals surface area contributed by atoms with Gasteiger partial charge in [0.2, 0.25) is 5.91 Å². The molecule has 0 bridgehead atoms. The summed E-state index contributed by atoms with van der Waals surface area (Å²) in [7, 11) is 1.73. The van der Waals surface area contributed by atoms with Crippen LogP contribution in [0.25, 0.3) is 5.57 Å². The minimum Gasteiger partial charge on any atom is -0.486 e. The van der Waals surface area contributed by atoms with Crippen LogP contribution < -0.4 is 15.0 Å². The third kappa shape index (κ3) is 4.86. The van der Waals surface area contributed by atoms with E-state index in [0.717, 1.165) is 55.5 Å². The first-order valence-corrected chi connectivity index (χ1v) is 13.3. The Labute approximate surface area is 224 Å². The third-order valence-electron chi connectivity index (χ3n) is 8.28. The average Bonchev–Trinajstić information content (AvgIpc) is 2.89. The van der Waals surface area contributed by atoms with Crippen molar-refractivity contribution in [1.29, 1.82) is 0 Å². The van der Waals surface area contributed by atoms with Crippen molar-refractivity contribution in [3.05, 3.63) is 59.2 Å². The fraction of sp³-hybridized carbons (Fsp3) is 0.448. The number of amides is 3. The highest BCUT2D eigenvalue weighted by Gasteiger charge is 2.44. The Bertz CT molecular complexity index is 1350. The van der Waals surface area contributed by atoms with Gasteiger partial charge in [0.1, 0.15) is 11.4 Å². The minimum atomic E-state index is -4.48. The molecule has 2 aromatic rings. The number of hydrogen-bond donors (Lipinski definition) is 1. The summed E-state index contributed by atoms with van der Waals surface area (Å²) in [4.78, 5) is 29.7. The molecule has 0 radical (unpaired) electrons. The molecule has 0 unspecified atom stereocenters. The summed E-state index contributed by atoms with van der Waals surface area (Å²) in [6, 6.07) is 9.00. The second-order valence-electron chi connectivity index (χ2n) is 10.8. The van der Waals surface area contributed by atoms with Crippen molar-refractivity contribution in [1.82, 2.24) is 4.90 Å². The fourth-order valence-corrected chi connectivity index (χ4v) is 5.99. The molecule has 1 saturated heterocycles. The summed E-state index contributed by atoms with van der Waals surface area (Å²) in [6.45, 7) is 1.79. The summed E-state index contributed by atoms with van der Waals surface area (Å²) in [5.41, 5.74) is 2.08. The van der Waals surface area contributed by atoms with Crippen LogP contribution in [0, 0.1) is 0 Å². The van der Waals surface area contributed by atoms with Crippen LogP contribution in [0.15, 0.2) is 42.5 Å². The van der Waals surface area contributed by atoms with Gasteiger partial charge in [0.25, 0.3) is 0 Å². The number of fused-ring (bicyclic) bond motifs is 2. The largest absolute Gasteiger partial charge is 0.486 e. The van der Waals surface area contributed by atoms with Gasteiger partial charge in [-0.3, -0.25) is 9.69 Å². The van der Waals surface area contributed by atoms with E-state index in [1.807, 2.05) is 17.0 Å². The van der Waals surface area contributed by atoms with Crippen molar-refractivity contribution in [2.24, 2.45) is 0 Å². The molecule has 1 saturated carbocycles. The third-order valence-corrected chi connectivity index (χ3v) is 8.28. The number of nitrogens with zero attached hydrogens (tertiary/aromatic N) is 2. The van der Waals surface area contributed by atoms with Crippen molar-refractivity contribution in [3.8, 4) is 5.75 Å². The lowest BCUT2D eigenvalue weighted by Gasteiger charge is -2.46. The van der Waals surface area contributed by atoms with E-state index < -0.39 is 17.3 Å². The van der Waals surface area contributed by atoms with Gasteiger partial charge in [-0.25, -0.2) is 4.79 Å². The number of alkyl halides is 3. The van der Waals surface area contributed by atoms with Gasteiger partial charge >= 0.3 is 12.2 Å². The summed E-state index contributed by atoms with van der Waals surface area (Å²) < 4.78 is 51.4. The second-order valence-corrected chi connectivity index (χ2v) is 10.8. The molecule has 3 heterocycles. The molecule has 0 atom stereocenters. The molecule has 1 aliphatic carbocycles. The number of halogens is 3. The van der Waals surface area contributed by atoms with Crippen molar-refractivity contribution in [3.63, 3.8) is 0 Å². The number of benzene rings is 2. The maximum absolute atomic E-state index is 13.3. The Morgan fingerprint density at radius 3 is 2.59 bits per heavy atom. The first kappa shape index (κ1) is 25.7. The Morgan fingerprint density at radius 2 is 1.90 bits per heavy atom. The maximum atomic E-state index is 13.3. The highest BCUT2D eigenvalue weighted by Crippen LogP contribution is 2.50. The molecule has 2 fully saturated rings. The van der Waals surface area contributed by atoms with Crippen LogP contribution in [-0.2, 0) is 22.3 Å². The first-order valence-electron chi connectivity index (χ1n) is 13.3. The molecule has 3 amide bonds. The highest BCUT2D eigenvalue weighted by molar-refractivity contribution is 6.05. The summed E-state index contributed by atoms with van der Waals surface area (Å²) in [5, 5.41) is 2.87. The topological polar surface area (TPSA) is 71.1 Å². The smallest absolute Gasteiger partial charge is 0.416 e. The van der Waals surface area contributed by atoms with Crippen LogP contribution in [0.3, 0.4) is 0 Å². The number of carbonyl (C=O) groups excluding carboxylic acids is 2. The molecule has 6 rings (SSSR count). The SMILES string of the molecule is CN1C(=O)N(C2CCOCC2)Cc2ccc(NC(=O)C=C3CC4(CCC4)Oc4cc(C(F)(F)F)ccc43)cc21. The zero-order valence-corrected chi connectivity index (χ0v) is 21.6. The fourth-order valence-electron chi connectivity index (χ4n) is 5.99. The number of nitrogens with one attached hydrogen (secondary N) is 1. The Hall–Kier alpha value is -3.53. The zero-order chi connectivity index (χ0) is 27.4. The predicted octanol–water partition coefficient (Wildman–Crippen LogP) is 5.98. The van der Waals surface area contributed by atoms with Gasteiger partial charge in [-0.2, -0.15) is 13.2 Å². The van der Waals surface area contributed by atoms with Crippen molar-refractivity contribution >= 4 is 28.9 Å². The van der Waals surface area contributed by atoms with E-state index in [0.29, 0.717) is 43.0 Å². The summed E-state index contributed by atoms with van der Waals surface area (Å²) in [5.74, 6) is -0.224. The van der Waals surface area contributed by atoms with Gasteiger partial charge in [-0.05, 0) is 67.5 Å². The molecule has 0 aromatic heterocycles. The number of urea groups is 1. The van der Waals surface area contributed by atoms with Crippen LogP contribution in [0.4, 0.5) is 29.3 Å². The number of hydrogen-bond acceptors (Lipinski definition) is 4. The van der Waals surface area contributed by atoms with E-state index >= 15 is 0 Å². The van der Waals surface area contributed by atoms with E-state index in [1.54, 1.807) is 18.0 Å². The lowest BCUT2D eigenvalue weighted by atomic mass is 9.72. The second kappa shape index (κ2) is 9.59. The van der Waals surface area contributed by atoms with E-state index in [2.05, 4.69) is 5.32 Å². The van der Waals surface area contributed by atoms with Gasteiger partial charge in [0.15, 0.2) is 0 Å². The molecule has 2 aromatic carbocycles. The van der Waals surface area contributed by atoms with Crippen LogP contribution in [0.1, 0.15) is 55.2 Å². The van der Waals surface area contributed by atoms with Crippen LogP contribution >= 0.6 is 0 Å². The average molecular weight is 542 g/mol. The number of rotatable bonds is 3. The molecule has 1 N–H and O–H groups in total. The quantitative estimate of drug-likeness (QED) is 0.485. The molecule has 3 aliphatic heterocycles. The molecule has 7 nitrogen and oxygen atoms in total. The van der Waals surface area contributed by atoms with Gasteiger partial charge < -0.3 is 19.7 Å². The Morgan fingerprint density at radius 1 is 1.13 bits per heavy atom. The zero-order valence-electron chi connectivity index (χ0n) is 21.6. The predicted molar refractivity (Wildman–Crippen MR) is 140 cm³/mol. The number of ether oxygens (including phenoxy) is 2.